The topological polar surface area (TPSA) is 68.0 Å². The zero-order valence-electron chi connectivity index (χ0n) is 12.9. The minimum atomic E-state index is 0.460. The summed E-state index contributed by atoms with van der Waals surface area (Å²) in [4.78, 5) is 0. The standard InChI is InChI=1S/C16H22N6/c1-10(17-14-2-3-15-18-20-21-22(15)19-14)16-7-11-4-12(8-16)6-13(5-11)9-16/h2-3,10-13H,4-9H2,1H3,(H,17,19)/t10-,11?,12?,13?,16?/m0/s1. The fourth-order valence-corrected chi connectivity index (χ4v) is 5.81. The number of tetrazole rings is 1. The van der Waals surface area contributed by atoms with Crippen LogP contribution in [0.4, 0.5) is 5.82 Å². The summed E-state index contributed by atoms with van der Waals surface area (Å²) in [7, 11) is 0. The first-order valence-electron chi connectivity index (χ1n) is 8.52. The minimum Gasteiger partial charge on any atom is -0.366 e. The molecule has 1 N–H and O–H groups in total. The molecule has 6 nitrogen and oxygen atoms in total. The normalized spacial score (nSPS) is 37.6. The number of nitrogens with zero attached hydrogens (tertiary/aromatic N) is 5. The Labute approximate surface area is 129 Å². The van der Waals surface area contributed by atoms with Crippen molar-refractivity contribution >= 4 is 11.5 Å². The summed E-state index contributed by atoms with van der Waals surface area (Å²) in [6.07, 6.45) is 8.67. The van der Waals surface area contributed by atoms with Crippen molar-refractivity contribution in [2.45, 2.75) is 51.5 Å². The van der Waals surface area contributed by atoms with Crippen molar-refractivity contribution in [3.8, 4) is 0 Å². The van der Waals surface area contributed by atoms with Crippen molar-refractivity contribution in [1.82, 2.24) is 25.3 Å². The van der Waals surface area contributed by atoms with E-state index in [1.165, 1.54) is 43.2 Å². The lowest BCUT2D eigenvalue weighted by molar-refractivity contribution is -0.0603. The van der Waals surface area contributed by atoms with Crippen molar-refractivity contribution in [2.75, 3.05) is 5.32 Å². The molecule has 22 heavy (non-hydrogen) atoms. The van der Waals surface area contributed by atoms with E-state index in [2.05, 4.69) is 32.9 Å². The average Bonchev–Trinajstić information content (AvgIpc) is 2.93. The SMILES string of the molecule is C[C@H](Nc1ccc2nnnn2n1)C12CC3CC(CC(C3)C1)C2. The van der Waals surface area contributed by atoms with Crippen molar-refractivity contribution in [3.05, 3.63) is 12.1 Å². The molecule has 4 aliphatic rings. The lowest BCUT2D eigenvalue weighted by Gasteiger charge is -2.59. The Kier molecular flexibility index (Phi) is 2.56. The Morgan fingerprint density at radius 2 is 1.82 bits per heavy atom. The lowest BCUT2D eigenvalue weighted by Crippen LogP contribution is -2.53. The van der Waals surface area contributed by atoms with Crippen LogP contribution in [0.2, 0.25) is 0 Å². The predicted octanol–water partition coefficient (Wildman–Crippen LogP) is 2.54. The van der Waals surface area contributed by atoms with Gasteiger partial charge in [0.15, 0.2) is 5.65 Å². The number of aromatic nitrogens is 5. The molecule has 6 heteroatoms. The Balaban J connectivity index is 1.40. The molecule has 2 aromatic heterocycles. The van der Waals surface area contributed by atoms with E-state index in [-0.39, 0.29) is 0 Å². The second-order valence-corrected chi connectivity index (χ2v) is 7.89. The van der Waals surface area contributed by atoms with Crippen LogP contribution in [-0.2, 0) is 0 Å². The quantitative estimate of drug-likeness (QED) is 0.943. The lowest BCUT2D eigenvalue weighted by atomic mass is 9.48. The number of hydrogen-bond donors (Lipinski definition) is 1. The molecule has 4 bridgehead atoms. The monoisotopic (exact) mass is 298 g/mol. The van der Waals surface area contributed by atoms with Crippen molar-refractivity contribution in [3.63, 3.8) is 0 Å². The second-order valence-electron chi connectivity index (χ2n) is 7.89. The number of fused-ring (bicyclic) bond motifs is 1. The number of anilines is 1. The average molecular weight is 298 g/mol. The smallest absolute Gasteiger partial charge is 0.200 e. The van der Waals surface area contributed by atoms with Gasteiger partial charge in [-0.05, 0) is 91.2 Å². The third-order valence-electron chi connectivity index (χ3n) is 6.44. The maximum absolute atomic E-state index is 4.47. The van der Waals surface area contributed by atoms with Crippen LogP contribution in [0.1, 0.15) is 45.4 Å². The van der Waals surface area contributed by atoms with Crippen LogP contribution in [0.5, 0.6) is 0 Å². The number of hydrogen-bond acceptors (Lipinski definition) is 5. The fourth-order valence-electron chi connectivity index (χ4n) is 5.81. The maximum Gasteiger partial charge on any atom is 0.200 e. The van der Waals surface area contributed by atoms with Crippen molar-refractivity contribution < 1.29 is 0 Å². The van der Waals surface area contributed by atoms with Crippen LogP contribution in [-0.4, -0.2) is 31.3 Å². The minimum absolute atomic E-state index is 0.460. The molecule has 6 rings (SSSR count). The van der Waals surface area contributed by atoms with Gasteiger partial charge in [0.1, 0.15) is 5.82 Å². The molecule has 2 heterocycles. The van der Waals surface area contributed by atoms with E-state index in [0.717, 1.165) is 23.6 Å². The molecule has 0 aliphatic heterocycles. The third-order valence-corrected chi connectivity index (χ3v) is 6.44. The maximum atomic E-state index is 4.47. The zero-order valence-corrected chi connectivity index (χ0v) is 12.9. The zero-order chi connectivity index (χ0) is 14.7. The molecule has 2 aromatic rings. The molecule has 0 saturated heterocycles. The van der Waals surface area contributed by atoms with E-state index in [1.807, 2.05) is 12.1 Å². The van der Waals surface area contributed by atoms with E-state index in [9.17, 15) is 0 Å². The van der Waals surface area contributed by atoms with Gasteiger partial charge < -0.3 is 5.32 Å². The highest BCUT2D eigenvalue weighted by molar-refractivity contribution is 5.43. The van der Waals surface area contributed by atoms with E-state index >= 15 is 0 Å². The summed E-state index contributed by atoms with van der Waals surface area (Å²) in [5.74, 6) is 3.81. The second kappa shape index (κ2) is 4.40. The predicted molar refractivity (Wildman–Crippen MR) is 82.3 cm³/mol. The molecule has 116 valence electrons. The highest BCUT2D eigenvalue weighted by Crippen LogP contribution is 2.61. The van der Waals surface area contributed by atoms with E-state index < -0.39 is 0 Å². The third kappa shape index (κ3) is 1.85. The van der Waals surface area contributed by atoms with E-state index in [4.69, 9.17) is 0 Å². The number of nitrogens with one attached hydrogen (secondary N) is 1. The van der Waals surface area contributed by atoms with Gasteiger partial charge in [-0.3, -0.25) is 0 Å². The molecule has 4 aliphatic carbocycles. The van der Waals surface area contributed by atoms with Crippen molar-refractivity contribution in [2.24, 2.45) is 23.2 Å². The largest absolute Gasteiger partial charge is 0.366 e. The van der Waals surface area contributed by atoms with Gasteiger partial charge in [0.25, 0.3) is 0 Å². The molecular weight excluding hydrogens is 276 g/mol. The number of rotatable bonds is 3. The molecular formula is C16H22N6. The Morgan fingerprint density at radius 1 is 1.14 bits per heavy atom. The summed E-state index contributed by atoms with van der Waals surface area (Å²) in [5, 5.41) is 19.6. The summed E-state index contributed by atoms with van der Waals surface area (Å²) >= 11 is 0. The highest BCUT2D eigenvalue weighted by Gasteiger charge is 2.53. The first-order chi connectivity index (χ1) is 10.7. The summed E-state index contributed by atoms with van der Waals surface area (Å²) < 4.78 is 1.49. The van der Waals surface area contributed by atoms with Gasteiger partial charge in [0.2, 0.25) is 0 Å². The highest BCUT2D eigenvalue weighted by atomic mass is 15.6. The molecule has 0 spiro atoms. The van der Waals surface area contributed by atoms with Gasteiger partial charge in [-0.15, -0.1) is 14.8 Å². The Morgan fingerprint density at radius 3 is 2.50 bits per heavy atom. The van der Waals surface area contributed by atoms with Gasteiger partial charge in [-0.25, -0.2) is 0 Å². The van der Waals surface area contributed by atoms with Crippen molar-refractivity contribution in [1.29, 1.82) is 0 Å². The van der Waals surface area contributed by atoms with Crippen LogP contribution in [0.3, 0.4) is 0 Å². The molecule has 1 atom stereocenters. The summed E-state index contributed by atoms with van der Waals surface area (Å²) in [6, 6.07) is 4.37. The van der Waals surface area contributed by atoms with Gasteiger partial charge in [-0.1, -0.05) is 0 Å². The Hall–Kier alpha value is -1.72. The van der Waals surface area contributed by atoms with E-state index in [0.29, 0.717) is 17.1 Å². The fraction of sp³-hybridized carbons (Fsp3) is 0.750. The molecule has 0 unspecified atom stereocenters. The van der Waals surface area contributed by atoms with Crippen LogP contribution in [0.25, 0.3) is 5.65 Å². The molecule has 0 amide bonds. The van der Waals surface area contributed by atoms with E-state index in [1.54, 1.807) is 0 Å². The molecule has 4 fully saturated rings. The Bertz CT molecular complexity index is 672. The molecule has 0 aromatic carbocycles. The van der Waals surface area contributed by atoms with Crippen LogP contribution < -0.4 is 5.32 Å². The van der Waals surface area contributed by atoms with Gasteiger partial charge in [-0.2, -0.15) is 0 Å². The van der Waals surface area contributed by atoms with Crippen LogP contribution >= 0.6 is 0 Å². The van der Waals surface area contributed by atoms with Gasteiger partial charge >= 0.3 is 0 Å². The van der Waals surface area contributed by atoms with Gasteiger partial charge in [0, 0.05) is 6.04 Å². The first-order valence-corrected chi connectivity index (χ1v) is 8.52. The van der Waals surface area contributed by atoms with Crippen LogP contribution in [0.15, 0.2) is 12.1 Å². The van der Waals surface area contributed by atoms with Crippen LogP contribution in [0, 0.1) is 23.2 Å². The molecule has 0 radical (unpaired) electrons. The van der Waals surface area contributed by atoms with Gasteiger partial charge in [0.05, 0.1) is 0 Å². The summed E-state index contributed by atoms with van der Waals surface area (Å²) in [6.45, 7) is 2.35. The summed E-state index contributed by atoms with van der Waals surface area (Å²) in [5.41, 5.74) is 1.17. The first kappa shape index (κ1) is 12.8. The molecule has 4 saturated carbocycles.